The predicted octanol–water partition coefficient (Wildman–Crippen LogP) is 2.02. The van der Waals surface area contributed by atoms with Crippen molar-refractivity contribution in [3.05, 3.63) is 64.2 Å². The number of carbonyl (C=O) groups excluding carboxylic acids is 1. The molecule has 1 aliphatic rings. The molecule has 7 heteroatoms. The molecule has 0 unspecified atom stereocenters. The van der Waals surface area contributed by atoms with Crippen molar-refractivity contribution in [3.63, 3.8) is 0 Å². The first kappa shape index (κ1) is 15.0. The van der Waals surface area contributed by atoms with Crippen LogP contribution >= 0.6 is 11.6 Å². The Labute approximate surface area is 133 Å². The number of amides is 1. The van der Waals surface area contributed by atoms with Gasteiger partial charge in [-0.1, -0.05) is 29.8 Å². The van der Waals surface area contributed by atoms with E-state index in [0.717, 1.165) is 11.1 Å². The van der Waals surface area contributed by atoms with Gasteiger partial charge in [-0.15, -0.1) is 0 Å². The summed E-state index contributed by atoms with van der Waals surface area (Å²) in [5.74, 6) is -0.166. The van der Waals surface area contributed by atoms with Gasteiger partial charge in [0, 0.05) is 16.3 Å². The third-order valence-electron chi connectivity index (χ3n) is 3.52. The van der Waals surface area contributed by atoms with Gasteiger partial charge in [-0.2, -0.15) is 11.1 Å². The molecule has 5 N–H and O–H groups in total. The molecular formula is C15H16ClN5O. The highest BCUT2D eigenvalue weighted by Crippen LogP contribution is 2.23. The lowest BCUT2D eigenvalue weighted by Crippen LogP contribution is -2.33. The second kappa shape index (κ2) is 6.43. The number of hydrogen-bond acceptors (Lipinski definition) is 5. The van der Waals surface area contributed by atoms with Crippen LogP contribution in [0, 0.1) is 6.92 Å². The SMILES string of the molecule is Cc1c(Cl)cccc1NC(=O)c1ccc(C2NNNN2)cc1. The van der Waals surface area contributed by atoms with Crippen molar-refractivity contribution in [2.24, 2.45) is 0 Å². The van der Waals surface area contributed by atoms with E-state index in [-0.39, 0.29) is 12.1 Å². The van der Waals surface area contributed by atoms with Crippen LogP contribution in [0.5, 0.6) is 0 Å². The van der Waals surface area contributed by atoms with Gasteiger partial charge in [0.1, 0.15) is 6.17 Å². The molecule has 1 aliphatic heterocycles. The molecule has 0 aliphatic carbocycles. The van der Waals surface area contributed by atoms with E-state index < -0.39 is 0 Å². The van der Waals surface area contributed by atoms with Gasteiger partial charge >= 0.3 is 0 Å². The molecule has 22 heavy (non-hydrogen) atoms. The second-order valence-corrected chi connectivity index (χ2v) is 5.37. The number of hydrazine groups is 3. The van der Waals surface area contributed by atoms with Gasteiger partial charge in [0.25, 0.3) is 5.91 Å². The molecule has 114 valence electrons. The maximum Gasteiger partial charge on any atom is 0.255 e. The lowest BCUT2D eigenvalue weighted by Gasteiger charge is -2.11. The predicted molar refractivity (Wildman–Crippen MR) is 85.9 cm³/mol. The summed E-state index contributed by atoms with van der Waals surface area (Å²) in [7, 11) is 0. The zero-order valence-corrected chi connectivity index (χ0v) is 12.7. The maximum atomic E-state index is 12.3. The minimum atomic E-state index is -0.166. The highest BCUT2D eigenvalue weighted by atomic mass is 35.5. The summed E-state index contributed by atoms with van der Waals surface area (Å²) < 4.78 is 0. The molecule has 0 atom stereocenters. The van der Waals surface area contributed by atoms with E-state index in [2.05, 4.69) is 27.2 Å². The van der Waals surface area contributed by atoms with Crippen molar-refractivity contribution < 1.29 is 4.79 Å². The van der Waals surface area contributed by atoms with Gasteiger partial charge < -0.3 is 5.32 Å². The third-order valence-corrected chi connectivity index (χ3v) is 3.93. The summed E-state index contributed by atoms with van der Waals surface area (Å²) in [6.45, 7) is 1.87. The maximum absolute atomic E-state index is 12.3. The fourth-order valence-electron chi connectivity index (χ4n) is 2.18. The Morgan fingerprint density at radius 1 is 1.09 bits per heavy atom. The van der Waals surface area contributed by atoms with Crippen molar-refractivity contribution >= 4 is 23.2 Å². The molecule has 0 saturated carbocycles. The largest absolute Gasteiger partial charge is 0.322 e. The van der Waals surface area contributed by atoms with Crippen LogP contribution in [0.25, 0.3) is 0 Å². The molecule has 0 radical (unpaired) electrons. The van der Waals surface area contributed by atoms with Gasteiger partial charge in [-0.05, 0) is 42.3 Å². The highest BCUT2D eigenvalue weighted by molar-refractivity contribution is 6.31. The minimum absolute atomic E-state index is 0.0488. The van der Waals surface area contributed by atoms with Gasteiger partial charge in [0.15, 0.2) is 0 Å². The van der Waals surface area contributed by atoms with Crippen LogP contribution in [0.3, 0.4) is 0 Å². The average molecular weight is 318 g/mol. The Morgan fingerprint density at radius 2 is 1.77 bits per heavy atom. The number of hydrogen-bond donors (Lipinski definition) is 5. The Bertz CT molecular complexity index is 683. The van der Waals surface area contributed by atoms with Crippen molar-refractivity contribution in [3.8, 4) is 0 Å². The quantitative estimate of drug-likeness (QED) is 0.599. The Hall–Kier alpha value is -1.96. The van der Waals surface area contributed by atoms with E-state index in [1.807, 2.05) is 31.2 Å². The first-order valence-corrected chi connectivity index (χ1v) is 7.20. The average Bonchev–Trinajstić information content (AvgIpc) is 3.06. The Kier molecular flexibility index (Phi) is 4.37. The first-order chi connectivity index (χ1) is 10.6. The standard InChI is InChI=1S/C15H16ClN5O/c1-9-12(16)3-2-4-13(9)17-15(22)11-7-5-10(6-8-11)14-18-20-21-19-14/h2-8,14,18-21H,1H3,(H,17,22). The van der Waals surface area contributed by atoms with E-state index in [1.54, 1.807) is 18.2 Å². The topological polar surface area (TPSA) is 77.2 Å². The number of benzene rings is 2. The van der Waals surface area contributed by atoms with E-state index in [0.29, 0.717) is 16.3 Å². The van der Waals surface area contributed by atoms with E-state index >= 15 is 0 Å². The number of rotatable bonds is 3. The molecule has 0 bridgehead atoms. The van der Waals surface area contributed by atoms with E-state index in [4.69, 9.17) is 11.6 Å². The molecule has 3 rings (SSSR count). The minimum Gasteiger partial charge on any atom is -0.322 e. The van der Waals surface area contributed by atoms with Crippen molar-refractivity contribution in [1.29, 1.82) is 0 Å². The molecule has 1 fully saturated rings. The van der Waals surface area contributed by atoms with Crippen LogP contribution in [0.15, 0.2) is 42.5 Å². The zero-order valence-electron chi connectivity index (χ0n) is 11.9. The number of anilines is 1. The Balaban J connectivity index is 1.73. The summed E-state index contributed by atoms with van der Waals surface area (Å²) in [4.78, 5) is 12.3. The fraction of sp³-hybridized carbons (Fsp3) is 0.133. The number of carbonyl (C=O) groups is 1. The van der Waals surface area contributed by atoms with Gasteiger partial charge in [0.05, 0.1) is 0 Å². The highest BCUT2D eigenvalue weighted by Gasteiger charge is 2.15. The second-order valence-electron chi connectivity index (χ2n) is 4.96. The Morgan fingerprint density at radius 3 is 2.45 bits per heavy atom. The lowest BCUT2D eigenvalue weighted by molar-refractivity contribution is 0.102. The number of halogens is 1. The normalized spacial score (nSPS) is 15.0. The van der Waals surface area contributed by atoms with Gasteiger partial charge in [-0.3, -0.25) is 4.79 Å². The first-order valence-electron chi connectivity index (χ1n) is 6.82. The number of nitrogens with one attached hydrogen (secondary N) is 5. The summed E-state index contributed by atoms with van der Waals surface area (Å²) in [6.07, 6.45) is -0.0488. The summed E-state index contributed by atoms with van der Waals surface area (Å²) in [6, 6.07) is 12.8. The monoisotopic (exact) mass is 317 g/mol. The van der Waals surface area contributed by atoms with Gasteiger partial charge in [-0.25, -0.2) is 10.9 Å². The van der Waals surface area contributed by atoms with Crippen LogP contribution in [-0.2, 0) is 0 Å². The zero-order chi connectivity index (χ0) is 15.5. The molecule has 2 aromatic carbocycles. The van der Waals surface area contributed by atoms with E-state index in [1.165, 1.54) is 0 Å². The summed E-state index contributed by atoms with van der Waals surface area (Å²) >= 11 is 6.06. The molecule has 1 amide bonds. The molecule has 0 spiro atoms. The molecule has 0 aromatic heterocycles. The lowest BCUT2D eigenvalue weighted by atomic mass is 10.1. The van der Waals surface area contributed by atoms with E-state index in [9.17, 15) is 4.79 Å². The third kappa shape index (κ3) is 3.11. The van der Waals surface area contributed by atoms with Crippen LogP contribution in [0.2, 0.25) is 5.02 Å². The smallest absolute Gasteiger partial charge is 0.255 e. The van der Waals surface area contributed by atoms with Gasteiger partial charge in [0.2, 0.25) is 0 Å². The molecule has 1 heterocycles. The van der Waals surface area contributed by atoms with Crippen molar-refractivity contribution in [1.82, 2.24) is 21.9 Å². The summed E-state index contributed by atoms with van der Waals surface area (Å²) in [5.41, 5.74) is 14.6. The molecular weight excluding hydrogens is 302 g/mol. The molecule has 2 aromatic rings. The van der Waals surface area contributed by atoms with Crippen LogP contribution < -0.4 is 27.2 Å². The van der Waals surface area contributed by atoms with Crippen LogP contribution in [0.4, 0.5) is 5.69 Å². The van der Waals surface area contributed by atoms with Crippen LogP contribution in [-0.4, -0.2) is 5.91 Å². The molecule has 6 nitrogen and oxygen atoms in total. The summed E-state index contributed by atoms with van der Waals surface area (Å²) in [5, 5.41) is 3.51. The van der Waals surface area contributed by atoms with Crippen LogP contribution in [0.1, 0.15) is 27.7 Å². The molecule has 1 saturated heterocycles. The van der Waals surface area contributed by atoms with Crippen molar-refractivity contribution in [2.45, 2.75) is 13.1 Å². The fourth-order valence-corrected chi connectivity index (χ4v) is 2.36. The van der Waals surface area contributed by atoms with Crippen molar-refractivity contribution in [2.75, 3.05) is 5.32 Å².